The Balaban J connectivity index is 2.37. The minimum absolute atomic E-state index is 0.232. The van der Waals surface area contributed by atoms with Gasteiger partial charge in [-0.1, -0.05) is 12.1 Å². The maximum Gasteiger partial charge on any atom is 0.137 e. The van der Waals surface area contributed by atoms with Gasteiger partial charge in [0.15, 0.2) is 0 Å². The lowest BCUT2D eigenvalue weighted by Crippen LogP contribution is -2.03. The van der Waals surface area contributed by atoms with Crippen LogP contribution in [0.5, 0.6) is 5.75 Å². The van der Waals surface area contributed by atoms with Gasteiger partial charge in [0.2, 0.25) is 0 Å². The lowest BCUT2D eigenvalue weighted by molar-refractivity contribution is 0.214. The van der Waals surface area contributed by atoms with E-state index in [9.17, 15) is 9.50 Å². The Labute approximate surface area is 105 Å². The van der Waals surface area contributed by atoms with Crippen LogP contribution < -0.4 is 4.74 Å². The third kappa shape index (κ3) is 2.49. The first-order valence-electron chi connectivity index (χ1n) is 5.55. The highest BCUT2D eigenvalue weighted by atomic mass is 19.1. The molecule has 0 radical (unpaired) electrons. The molecular weight excluding hydrogens is 233 g/mol. The Bertz CT molecular complexity index is 557. The van der Waals surface area contributed by atoms with Crippen LogP contribution in [0.25, 0.3) is 0 Å². The third-order valence-corrected chi connectivity index (χ3v) is 2.74. The number of aliphatic hydroxyl groups excluding tert-OH is 1. The molecule has 0 aliphatic carbocycles. The molecule has 4 heteroatoms. The molecule has 1 atom stereocenters. The molecule has 0 fully saturated rings. The SMILES string of the molecule is COc1cncc(C(O)c2ccc(C)cc2F)c1. The molecule has 1 aromatic heterocycles. The smallest absolute Gasteiger partial charge is 0.137 e. The van der Waals surface area contributed by atoms with Gasteiger partial charge in [-0.15, -0.1) is 0 Å². The average molecular weight is 247 g/mol. The van der Waals surface area contributed by atoms with Gasteiger partial charge in [-0.2, -0.15) is 0 Å². The van der Waals surface area contributed by atoms with E-state index in [0.29, 0.717) is 11.3 Å². The van der Waals surface area contributed by atoms with E-state index in [-0.39, 0.29) is 5.56 Å². The molecule has 18 heavy (non-hydrogen) atoms. The van der Waals surface area contributed by atoms with Crippen molar-refractivity contribution in [1.82, 2.24) is 4.98 Å². The number of methoxy groups -OCH3 is 1. The molecule has 3 nitrogen and oxygen atoms in total. The fourth-order valence-corrected chi connectivity index (χ4v) is 1.73. The maximum atomic E-state index is 13.8. The Kier molecular flexibility index (Phi) is 3.58. The lowest BCUT2D eigenvalue weighted by atomic mass is 10.0. The van der Waals surface area contributed by atoms with Crippen molar-refractivity contribution in [3.05, 3.63) is 59.2 Å². The molecule has 1 aromatic carbocycles. The van der Waals surface area contributed by atoms with Gasteiger partial charge in [-0.05, 0) is 24.6 Å². The van der Waals surface area contributed by atoms with E-state index in [1.165, 1.54) is 25.6 Å². The van der Waals surface area contributed by atoms with Crippen LogP contribution in [0.3, 0.4) is 0 Å². The van der Waals surface area contributed by atoms with Crippen LogP contribution in [0.4, 0.5) is 4.39 Å². The summed E-state index contributed by atoms with van der Waals surface area (Å²) in [6.45, 7) is 1.80. The summed E-state index contributed by atoms with van der Waals surface area (Å²) in [6, 6.07) is 6.37. The first kappa shape index (κ1) is 12.5. The predicted molar refractivity (Wildman–Crippen MR) is 66.0 cm³/mol. The highest BCUT2D eigenvalue weighted by Crippen LogP contribution is 2.26. The number of pyridine rings is 1. The number of aryl methyl sites for hydroxylation is 1. The monoisotopic (exact) mass is 247 g/mol. The van der Waals surface area contributed by atoms with Crippen LogP contribution in [-0.4, -0.2) is 17.2 Å². The summed E-state index contributed by atoms with van der Waals surface area (Å²) in [5, 5.41) is 10.1. The van der Waals surface area contributed by atoms with Crippen molar-refractivity contribution < 1.29 is 14.2 Å². The molecule has 1 heterocycles. The molecule has 1 unspecified atom stereocenters. The van der Waals surface area contributed by atoms with Gasteiger partial charge in [0, 0.05) is 17.3 Å². The summed E-state index contributed by atoms with van der Waals surface area (Å²) in [5.74, 6) is 0.101. The Hall–Kier alpha value is -1.94. The number of ether oxygens (including phenoxy) is 1. The van der Waals surface area contributed by atoms with Crippen LogP contribution in [0.15, 0.2) is 36.7 Å². The fraction of sp³-hybridized carbons (Fsp3) is 0.214. The van der Waals surface area contributed by atoms with E-state index in [2.05, 4.69) is 4.98 Å². The van der Waals surface area contributed by atoms with Gasteiger partial charge in [0.05, 0.1) is 13.3 Å². The molecule has 94 valence electrons. The molecule has 2 aromatic rings. The molecule has 0 bridgehead atoms. The molecule has 2 rings (SSSR count). The van der Waals surface area contributed by atoms with Gasteiger partial charge < -0.3 is 9.84 Å². The Morgan fingerprint density at radius 3 is 2.72 bits per heavy atom. The number of aromatic nitrogens is 1. The van der Waals surface area contributed by atoms with Crippen molar-refractivity contribution in [2.24, 2.45) is 0 Å². The van der Waals surface area contributed by atoms with Crippen molar-refractivity contribution in [2.75, 3.05) is 7.11 Å². The van der Waals surface area contributed by atoms with E-state index >= 15 is 0 Å². The normalized spacial score (nSPS) is 12.2. The van der Waals surface area contributed by atoms with Gasteiger partial charge >= 0.3 is 0 Å². The van der Waals surface area contributed by atoms with Crippen molar-refractivity contribution >= 4 is 0 Å². The number of benzene rings is 1. The largest absolute Gasteiger partial charge is 0.495 e. The highest BCUT2D eigenvalue weighted by Gasteiger charge is 2.15. The van der Waals surface area contributed by atoms with Crippen LogP contribution in [-0.2, 0) is 0 Å². The quantitative estimate of drug-likeness (QED) is 0.906. The summed E-state index contributed by atoms with van der Waals surface area (Å²) in [5.41, 5.74) is 1.54. The number of nitrogens with zero attached hydrogens (tertiary/aromatic N) is 1. The molecule has 0 aliphatic heterocycles. The second kappa shape index (κ2) is 5.14. The number of hydrogen-bond donors (Lipinski definition) is 1. The second-order valence-electron chi connectivity index (χ2n) is 4.09. The number of aliphatic hydroxyl groups is 1. The Morgan fingerprint density at radius 2 is 2.06 bits per heavy atom. The van der Waals surface area contributed by atoms with Gasteiger partial charge in [0.25, 0.3) is 0 Å². The van der Waals surface area contributed by atoms with E-state index in [1.54, 1.807) is 25.1 Å². The lowest BCUT2D eigenvalue weighted by Gasteiger charge is -2.13. The van der Waals surface area contributed by atoms with E-state index in [4.69, 9.17) is 4.74 Å². The van der Waals surface area contributed by atoms with Crippen LogP contribution >= 0.6 is 0 Å². The van der Waals surface area contributed by atoms with Crippen LogP contribution in [0, 0.1) is 12.7 Å². The predicted octanol–water partition coefficient (Wildman–Crippen LogP) is 2.62. The third-order valence-electron chi connectivity index (χ3n) is 2.74. The average Bonchev–Trinajstić information content (AvgIpc) is 2.38. The molecular formula is C14H14FNO2. The minimum atomic E-state index is -1.05. The first-order valence-corrected chi connectivity index (χ1v) is 5.55. The standard InChI is InChI=1S/C14H14FNO2/c1-9-3-4-12(13(15)5-9)14(17)10-6-11(18-2)8-16-7-10/h3-8,14,17H,1-2H3. The van der Waals surface area contributed by atoms with Gasteiger partial charge in [0.1, 0.15) is 17.7 Å². The highest BCUT2D eigenvalue weighted by molar-refractivity contribution is 5.34. The van der Waals surface area contributed by atoms with Crippen molar-refractivity contribution in [3.8, 4) is 5.75 Å². The zero-order valence-corrected chi connectivity index (χ0v) is 10.2. The Morgan fingerprint density at radius 1 is 1.28 bits per heavy atom. The molecule has 0 amide bonds. The minimum Gasteiger partial charge on any atom is -0.495 e. The van der Waals surface area contributed by atoms with Crippen LogP contribution in [0.1, 0.15) is 22.8 Å². The summed E-state index contributed by atoms with van der Waals surface area (Å²) >= 11 is 0. The molecule has 0 aliphatic rings. The summed E-state index contributed by atoms with van der Waals surface area (Å²) in [4.78, 5) is 3.94. The zero-order valence-electron chi connectivity index (χ0n) is 10.2. The number of rotatable bonds is 3. The summed E-state index contributed by atoms with van der Waals surface area (Å²) in [7, 11) is 1.51. The molecule has 1 N–H and O–H groups in total. The van der Waals surface area contributed by atoms with E-state index in [1.807, 2.05) is 0 Å². The number of hydrogen-bond acceptors (Lipinski definition) is 3. The van der Waals surface area contributed by atoms with Crippen LogP contribution in [0.2, 0.25) is 0 Å². The maximum absolute atomic E-state index is 13.8. The van der Waals surface area contributed by atoms with Crippen molar-refractivity contribution in [3.63, 3.8) is 0 Å². The molecule has 0 saturated heterocycles. The summed E-state index contributed by atoms with van der Waals surface area (Å²) in [6.07, 6.45) is 1.97. The summed E-state index contributed by atoms with van der Waals surface area (Å²) < 4.78 is 18.8. The van der Waals surface area contributed by atoms with Crippen molar-refractivity contribution in [2.45, 2.75) is 13.0 Å². The van der Waals surface area contributed by atoms with Gasteiger partial charge in [-0.3, -0.25) is 4.98 Å². The van der Waals surface area contributed by atoms with Crippen molar-refractivity contribution in [1.29, 1.82) is 0 Å². The number of halogens is 1. The molecule has 0 saturated carbocycles. The first-order chi connectivity index (χ1) is 8.61. The fourth-order valence-electron chi connectivity index (χ4n) is 1.73. The van der Waals surface area contributed by atoms with Gasteiger partial charge in [-0.25, -0.2) is 4.39 Å². The topological polar surface area (TPSA) is 42.4 Å². The van der Waals surface area contributed by atoms with E-state index < -0.39 is 11.9 Å². The zero-order chi connectivity index (χ0) is 13.1. The van der Waals surface area contributed by atoms with E-state index in [0.717, 1.165) is 5.56 Å². The molecule has 0 spiro atoms. The second-order valence-corrected chi connectivity index (χ2v) is 4.09.